The fourth-order valence-corrected chi connectivity index (χ4v) is 1.78. The van der Waals surface area contributed by atoms with Gasteiger partial charge in [-0.25, -0.2) is 26.7 Å². The molecule has 0 fully saturated rings. The van der Waals surface area contributed by atoms with E-state index in [9.17, 15) is 21.6 Å². The predicted octanol–water partition coefficient (Wildman–Crippen LogP) is 0.677. The Morgan fingerprint density at radius 3 is 2.44 bits per heavy atom. The van der Waals surface area contributed by atoms with Crippen molar-refractivity contribution in [2.75, 3.05) is 0 Å². The summed E-state index contributed by atoms with van der Waals surface area (Å²) in [6.45, 7) is 0. The molecule has 0 atom stereocenters. The Morgan fingerprint density at radius 1 is 1.50 bits per heavy atom. The number of aromatic nitrogens is 1. The number of primary sulfonamides is 1. The van der Waals surface area contributed by atoms with E-state index in [1.54, 1.807) is 0 Å². The predicted molar refractivity (Wildman–Crippen MR) is 45.2 cm³/mol. The van der Waals surface area contributed by atoms with Crippen molar-refractivity contribution in [1.29, 1.82) is 5.26 Å². The maximum atomic E-state index is 13.3. The Kier molecular flexibility index (Phi) is 3.16. The van der Waals surface area contributed by atoms with Crippen LogP contribution in [-0.4, -0.2) is 13.4 Å². The van der Waals surface area contributed by atoms with Crippen molar-refractivity contribution >= 4 is 10.0 Å². The number of hydrogen-bond donors (Lipinski definition) is 1. The molecule has 0 bridgehead atoms. The van der Waals surface area contributed by atoms with Crippen LogP contribution in [0.3, 0.4) is 0 Å². The highest BCUT2D eigenvalue weighted by Crippen LogP contribution is 2.27. The molecule has 86 valence electrons. The molecule has 0 saturated carbocycles. The van der Waals surface area contributed by atoms with Gasteiger partial charge in [-0.05, 0) is 0 Å². The summed E-state index contributed by atoms with van der Waals surface area (Å²) >= 11 is 0. The summed E-state index contributed by atoms with van der Waals surface area (Å²) < 4.78 is 59.8. The second-order valence-electron chi connectivity index (χ2n) is 2.66. The maximum Gasteiger partial charge on any atom is 0.281 e. The molecule has 0 unspecified atom stereocenters. The second-order valence-corrected chi connectivity index (χ2v) is 4.16. The van der Waals surface area contributed by atoms with Crippen LogP contribution < -0.4 is 5.14 Å². The van der Waals surface area contributed by atoms with Crippen LogP contribution in [0, 0.1) is 17.1 Å². The average molecular weight is 251 g/mol. The highest BCUT2D eigenvalue weighted by Gasteiger charge is 2.28. The van der Waals surface area contributed by atoms with Crippen molar-refractivity contribution in [2.24, 2.45) is 5.14 Å². The molecule has 9 heteroatoms. The van der Waals surface area contributed by atoms with Gasteiger partial charge < -0.3 is 0 Å². The monoisotopic (exact) mass is 251 g/mol. The number of rotatable bonds is 2. The van der Waals surface area contributed by atoms with E-state index < -0.39 is 38.4 Å². The van der Waals surface area contributed by atoms with Gasteiger partial charge >= 0.3 is 0 Å². The molecule has 0 spiro atoms. The molecule has 0 saturated heterocycles. The molecule has 0 radical (unpaired) electrons. The first-order valence-corrected chi connectivity index (χ1v) is 5.23. The summed E-state index contributed by atoms with van der Waals surface area (Å²) in [7, 11) is -4.71. The second kappa shape index (κ2) is 4.07. The summed E-state index contributed by atoms with van der Waals surface area (Å²) in [4.78, 5) is 1.56. The molecule has 0 aliphatic carbocycles. The Balaban J connectivity index is 3.72. The van der Waals surface area contributed by atoms with E-state index in [1.807, 2.05) is 0 Å². The van der Waals surface area contributed by atoms with E-state index in [4.69, 9.17) is 5.26 Å². The van der Waals surface area contributed by atoms with Crippen LogP contribution in [-0.2, 0) is 10.0 Å². The van der Waals surface area contributed by atoms with Gasteiger partial charge in [0.15, 0.2) is 5.82 Å². The van der Waals surface area contributed by atoms with Crippen LogP contribution in [0.2, 0.25) is 0 Å². The van der Waals surface area contributed by atoms with Crippen molar-refractivity contribution in [3.8, 4) is 6.07 Å². The minimum Gasteiger partial charge on any atom is -0.252 e. The first-order chi connectivity index (χ1) is 7.29. The lowest BCUT2D eigenvalue weighted by Crippen LogP contribution is -2.18. The van der Waals surface area contributed by atoms with Crippen LogP contribution in [0.15, 0.2) is 11.1 Å². The quantitative estimate of drug-likeness (QED) is 0.835. The lowest BCUT2D eigenvalue weighted by molar-refractivity contribution is 0.141. The van der Waals surface area contributed by atoms with E-state index in [0.717, 1.165) is 0 Å². The van der Waals surface area contributed by atoms with E-state index in [1.165, 1.54) is 6.07 Å². The third-order valence-corrected chi connectivity index (χ3v) is 2.57. The molecule has 0 aliphatic rings. The van der Waals surface area contributed by atoms with Gasteiger partial charge in [0.05, 0.1) is 0 Å². The zero-order chi connectivity index (χ0) is 12.5. The zero-order valence-corrected chi connectivity index (χ0v) is 8.30. The lowest BCUT2D eigenvalue weighted by Gasteiger charge is -2.07. The zero-order valence-electron chi connectivity index (χ0n) is 7.49. The lowest BCUT2D eigenvalue weighted by atomic mass is 10.2. The number of hydrogen-bond acceptors (Lipinski definition) is 4. The smallest absolute Gasteiger partial charge is 0.252 e. The normalized spacial score (nSPS) is 11.5. The number of nitriles is 1. The molecule has 0 aliphatic heterocycles. The largest absolute Gasteiger partial charge is 0.281 e. The summed E-state index contributed by atoms with van der Waals surface area (Å²) in [6.07, 6.45) is -2.79. The summed E-state index contributed by atoms with van der Waals surface area (Å²) in [5.41, 5.74) is -2.08. The average Bonchev–Trinajstić information content (AvgIpc) is 2.14. The van der Waals surface area contributed by atoms with Gasteiger partial charge in [0.25, 0.3) is 6.43 Å². The van der Waals surface area contributed by atoms with E-state index in [2.05, 4.69) is 10.1 Å². The van der Waals surface area contributed by atoms with Crippen molar-refractivity contribution in [3.05, 3.63) is 23.3 Å². The van der Waals surface area contributed by atoms with E-state index in [0.29, 0.717) is 6.20 Å². The van der Waals surface area contributed by atoms with E-state index >= 15 is 0 Å². The van der Waals surface area contributed by atoms with Crippen LogP contribution >= 0.6 is 0 Å². The van der Waals surface area contributed by atoms with Gasteiger partial charge in [-0.1, -0.05) is 0 Å². The third kappa shape index (κ3) is 2.12. The highest BCUT2D eigenvalue weighted by atomic mass is 32.2. The number of sulfonamides is 1. The fourth-order valence-electron chi connectivity index (χ4n) is 0.988. The van der Waals surface area contributed by atoms with Crippen LogP contribution in [0.5, 0.6) is 0 Å². The topological polar surface area (TPSA) is 96.8 Å². The molecule has 16 heavy (non-hydrogen) atoms. The van der Waals surface area contributed by atoms with Crippen molar-refractivity contribution in [3.63, 3.8) is 0 Å². The molecular formula is C7H4F3N3O2S. The molecule has 1 heterocycles. The molecule has 0 amide bonds. The van der Waals surface area contributed by atoms with Gasteiger partial charge in [-0.15, -0.1) is 0 Å². The third-order valence-electron chi connectivity index (χ3n) is 1.61. The summed E-state index contributed by atoms with van der Waals surface area (Å²) in [5.74, 6) is -1.62. The maximum absolute atomic E-state index is 13.3. The molecule has 5 nitrogen and oxygen atoms in total. The SMILES string of the molecule is N#Cc1cnc(C(F)F)c(S(N)(=O)=O)c1F. The summed E-state index contributed by atoms with van der Waals surface area (Å²) in [6, 6.07) is 1.27. The number of nitrogens with two attached hydrogens (primary N) is 1. The van der Waals surface area contributed by atoms with Gasteiger partial charge in [0, 0.05) is 6.20 Å². The highest BCUT2D eigenvalue weighted by molar-refractivity contribution is 7.89. The molecule has 0 aromatic carbocycles. The first-order valence-electron chi connectivity index (χ1n) is 3.68. The Morgan fingerprint density at radius 2 is 2.06 bits per heavy atom. The molecular weight excluding hydrogens is 247 g/mol. The van der Waals surface area contributed by atoms with Crippen molar-refractivity contribution < 1.29 is 21.6 Å². The number of alkyl halides is 2. The van der Waals surface area contributed by atoms with Gasteiger partial charge in [0.1, 0.15) is 22.2 Å². The fraction of sp³-hybridized carbons (Fsp3) is 0.143. The first kappa shape index (κ1) is 12.4. The van der Waals surface area contributed by atoms with Gasteiger partial charge in [0.2, 0.25) is 10.0 Å². The minimum absolute atomic E-state index is 0.519. The summed E-state index contributed by atoms with van der Waals surface area (Å²) in [5, 5.41) is 13.0. The Bertz CT molecular complexity index is 565. The van der Waals surface area contributed by atoms with Gasteiger partial charge in [-0.3, -0.25) is 4.98 Å². The van der Waals surface area contributed by atoms with Crippen LogP contribution in [0.4, 0.5) is 13.2 Å². The Labute approximate surface area is 88.4 Å². The Hall–Kier alpha value is -1.66. The van der Waals surface area contributed by atoms with Crippen molar-refractivity contribution in [1.82, 2.24) is 4.98 Å². The van der Waals surface area contributed by atoms with Crippen LogP contribution in [0.25, 0.3) is 0 Å². The minimum atomic E-state index is -4.71. The number of halogens is 3. The molecule has 2 N–H and O–H groups in total. The number of nitrogens with zero attached hydrogens (tertiary/aromatic N) is 2. The molecule has 1 aromatic heterocycles. The molecule has 1 rings (SSSR count). The van der Waals surface area contributed by atoms with Crippen molar-refractivity contribution in [2.45, 2.75) is 11.3 Å². The van der Waals surface area contributed by atoms with E-state index in [-0.39, 0.29) is 0 Å². The van der Waals surface area contributed by atoms with Crippen LogP contribution in [0.1, 0.15) is 17.7 Å². The standard InChI is InChI=1S/C7H4F3N3O2S/c8-4-3(1-11)2-13-5(7(9)10)6(4)16(12,14)15/h2,7H,(H2,12,14,15). The van der Waals surface area contributed by atoms with Gasteiger partial charge in [-0.2, -0.15) is 5.26 Å². The number of pyridine rings is 1. The molecule has 1 aromatic rings.